The van der Waals surface area contributed by atoms with Gasteiger partial charge in [0.15, 0.2) is 0 Å². The van der Waals surface area contributed by atoms with Gasteiger partial charge in [-0.1, -0.05) is 45.9 Å². The molecule has 0 aromatic heterocycles. The molecule has 0 aliphatic rings. The van der Waals surface area contributed by atoms with Gasteiger partial charge in [-0.2, -0.15) is 0 Å². The van der Waals surface area contributed by atoms with Gasteiger partial charge in [0.2, 0.25) is 0 Å². The average molecular weight is 295 g/mol. The minimum Gasteiger partial charge on any atom is -0.329 e. The van der Waals surface area contributed by atoms with Gasteiger partial charge < -0.3 is 11.1 Å². The zero-order chi connectivity index (χ0) is 15.0. The Balaban J connectivity index is 2.44. The summed E-state index contributed by atoms with van der Waals surface area (Å²) in [7, 11) is 0. The van der Waals surface area contributed by atoms with Crippen molar-refractivity contribution in [1.82, 2.24) is 10.0 Å². The van der Waals surface area contributed by atoms with E-state index in [2.05, 4.69) is 62.0 Å². The Kier molecular flexibility index (Phi) is 8.22. The first-order valence-electron chi connectivity index (χ1n) is 7.45. The van der Waals surface area contributed by atoms with Crippen LogP contribution in [0.5, 0.6) is 0 Å². The minimum absolute atomic E-state index is 0.389. The molecule has 20 heavy (non-hydrogen) atoms. The molecule has 0 aliphatic heterocycles. The topological polar surface area (TPSA) is 50.1 Å². The molecule has 0 saturated carbocycles. The smallest absolute Gasteiger partial charge is 0.0323 e. The second kappa shape index (κ2) is 9.40. The van der Waals surface area contributed by atoms with Crippen LogP contribution in [0.4, 0.5) is 0 Å². The summed E-state index contributed by atoms with van der Waals surface area (Å²) in [6.07, 6.45) is 0. The lowest BCUT2D eigenvalue weighted by Crippen LogP contribution is -2.47. The molecule has 0 aliphatic carbocycles. The summed E-state index contributed by atoms with van der Waals surface area (Å²) < 4.78 is 3.57. The molecule has 4 heteroatoms. The lowest BCUT2D eigenvalue weighted by molar-refractivity contribution is 0.358. The number of hydrogen-bond donors (Lipinski definition) is 3. The summed E-state index contributed by atoms with van der Waals surface area (Å²) in [5, 5.41) is 3.59. The summed E-state index contributed by atoms with van der Waals surface area (Å²) in [6, 6.07) is 11.2. The number of benzene rings is 1. The van der Waals surface area contributed by atoms with Crippen LogP contribution in [0.15, 0.2) is 35.2 Å². The van der Waals surface area contributed by atoms with Crippen molar-refractivity contribution in [3.05, 3.63) is 30.3 Å². The third kappa shape index (κ3) is 6.27. The summed E-state index contributed by atoms with van der Waals surface area (Å²) in [5.74, 6) is 1.14. The van der Waals surface area contributed by atoms with Crippen molar-refractivity contribution >= 4 is 11.9 Å². The highest BCUT2D eigenvalue weighted by molar-refractivity contribution is 7.97. The highest BCUT2D eigenvalue weighted by atomic mass is 32.2. The van der Waals surface area contributed by atoms with Gasteiger partial charge in [-0.05, 0) is 35.9 Å². The molecule has 1 aromatic rings. The predicted molar refractivity (Wildman–Crippen MR) is 89.7 cm³/mol. The molecule has 1 aromatic carbocycles. The quantitative estimate of drug-likeness (QED) is 0.613. The maximum absolute atomic E-state index is 5.81. The van der Waals surface area contributed by atoms with Crippen LogP contribution in [-0.4, -0.2) is 25.2 Å². The Bertz CT molecular complexity index is 354. The third-order valence-electron chi connectivity index (χ3n) is 3.53. The largest absolute Gasteiger partial charge is 0.329 e. The van der Waals surface area contributed by atoms with Gasteiger partial charge in [-0.25, -0.2) is 0 Å². The second-order valence-electron chi connectivity index (χ2n) is 5.88. The van der Waals surface area contributed by atoms with Crippen molar-refractivity contribution in [3.63, 3.8) is 0 Å². The van der Waals surface area contributed by atoms with E-state index in [0.717, 1.165) is 6.54 Å². The molecule has 0 amide bonds. The first-order chi connectivity index (χ1) is 9.54. The van der Waals surface area contributed by atoms with E-state index in [4.69, 9.17) is 5.73 Å². The average Bonchev–Trinajstić information content (AvgIpc) is 2.43. The summed E-state index contributed by atoms with van der Waals surface area (Å²) in [4.78, 5) is 1.25. The summed E-state index contributed by atoms with van der Waals surface area (Å²) in [5.41, 5.74) is 5.81. The fraction of sp³-hybridized carbons (Fsp3) is 0.625. The van der Waals surface area contributed by atoms with Crippen LogP contribution in [-0.2, 0) is 0 Å². The molecule has 2 unspecified atom stereocenters. The Labute approximate surface area is 128 Å². The first kappa shape index (κ1) is 17.5. The van der Waals surface area contributed by atoms with Crippen LogP contribution in [0.2, 0.25) is 0 Å². The fourth-order valence-electron chi connectivity index (χ4n) is 1.92. The van der Waals surface area contributed by atoms with E-state index in [-0.39, 0.29) is 0 Å². The number of rotatable bonds is 9. The van der Waals surface area contributed by atoms with Crippen LogP contribution in [0.3, 0.4) is 0 Å². The molecule has 1 rings (SSSR count). The van der Waals surface area contributed by atoms with Crippen LogP contribution in [0.1, 0.15) is 27.7 Å². The number of nitrogens with two attached hydrogens (primary N) is 1. The normalized spacial score (nSPS) is 14.8. The van der Waals surface area contributed by atoms with Crippen LogP contribution in [0.25, 0.3) is 0 Å². The molecule has 0 radical (unpaired) electrons. The molecule has 3 nitrogen and oxygen atoms in total. The Morgan fingerprint density at radius 2 is 1.60 bits per heavy atom. The molecule has 4 N–H and O–H groups in total. The van der Waals surface area contributed by atoms with Gasteiger partial charge in [0.25, 0.3) is 0 Å². The van der Waals surface area contributed by atoms with Gasteiger partial charge in [-0.15, -0.1) is 0 Å². The molecular weight excluding hydrogens is 266 g/mol. The van der Waals surface area contributed by atoms with E-state index in [1.54, 1.807) is 11.9 Å². The molecule has 114 valence electrons. The SMILES string of the molecule is CC(C)C(CN)NCC(NSc1ccccc1)C(C)C. The minimum atomic E-state index is 0.389. The first-order valence-corrected chi connectivity index (χ1v) is 8.27. The fourth-order valence-corrected chi connectivity index (χ4v) is 2.85. The maximum atomic E-state index is 5.81. The van der Waals surface area contributed by atoms with E-state index >= 15 is 0 Å². The van der Waals surface area contributed by atoms with Gasteiger partial charge in [-0.3, -0.25) is 4.72 Å². The molecule has 0 spiro atoms. The molecule has 0 bridgehead atoms. The van der Waals surface area contributed by atoms with Gasteiger partial charge in [0.1, 0.15) is 0 Å². The summed E-state index contributed by atoms with van der Waals surface area (Å²) >= 11 is 1.70. The highest BCUT2D eigenvalue weighted by Crippen LogP contribution is 2.16. The Hall–Kier alpha value is -0.550. The molecule has 0 heterocycles. The highest BCUT2D eigenvalue weighted by Gasteiger charge is 2.17. The van der Waals surface area contributed by atoms with E-state index in [0.29, 0.717) is 30.5 Å². The lowest BCUT2D eigenvalue weighted by atomic mass is 10.0. The van der Waals surface area contributed by atoms with Crippen molar-refractivity contribution in [2.75, 3.05) is 13.1 Å². The predicted octanol–water partition coefficient (Wildman–Crippen LogP) is 2.88. The molecule has 2 atom stereocenters. The van der Waals surface area contributed by atoms with Gasteiger partial charge >= 0.3 is 0 Å². The van der Waals surface area contributed by atoms with E-state index < -0.39 is 0 Å². The Morgan fingerprint density at radius 3 is 2.10 bits per heavy atom. The van der Waals surface area contributed by atoms with Crippen molar-refractivity contribution in [3.8, 4) is 0 Å². The summed E-state index contributed by atoms with van der Waals surface area (Å²) in [6.45, 7) is 10.5. The van der Waals surface area contributed by atoms with Crippen molar-refractivity contribution in [2.45, 2.75) is 44.7 Å². The van der Waals surface area contributed by atoms with Crippen LogP contribution < -0.4 is 15.8 Å². The van der Waals surface area contributed by atoms with E-state index in [9.17, 15) is 0 Å². The monoisotopic (exact) mass is 295 g/mol. The zero-order valence-corrected chi connectivity index (χ0v) is 13.9. The van der Waals surface area contributed by atoms with E-state index in [1.165, 1.54) is 4.90 Å². The third-order valence-corrected chi connectivity index (χ3v) is 4.46. The van der Waals surface area contributed by atoms with Crippen LogP contribution >= 0.6 is 11.9 Å². The molecule has 0 saturated heterocycles. The van der Waals surface area contributed by atoms with Crippen LogP contribution in [0, 0.1) is 11.8 Å². The zero-order valence-electron chi connectivity index (χ0n) is 13.1. The maximum Gasteiger partial charge on any atom is 0.0323 e. The standard InChI is InChI=1S/C16H29N3S/c1-12(2)15(10-17)18-11-16(13(3)4)19-20-14-8-6-5-7-9-14/h5-9,12-13,15-16,18-19H,10-11,17H2,1-4H3. The van der Waals surface area contributed by atoms with Gasteiger partial charge in [0, 0.05) is 30.1 Å². The van der Waals surface area contributed by atoms with E-state index in [1.807, 2.05) is 6.07 Å². The van der Waals surface area contributed by atoms with Crippen molar-refractivity contribution in [2.24, 2.45) is 17.6 Å². The Morgan fingerprint density at radius 1 is 1.00 bits per heavy atom. The number of hydrogen-bond acceptors (Lipinski definition) is 4. The lowest BCUT2D eigenvalue weighted by Gasteiger charge is -2.27. The van der Waals surface area contributed by atoms with Gasteiger partial charge in [0.05, 0.1) is 0 Å². The second-order valence-corrected chi connectivity index (χ2v) is 6.79. The number of nitrogens with one attached hydrogen (secondary N) is 2. The van der Waals surface area contributed by atoms with Crippen molar-refractivity contribution < 1.29 is 0 Å². The van der Waals surface area contributed by atoms with Crippen molar-refractivity contribution in [1.29, 1.82) is 0 Å². The molecule has 0 fully saturated rings. The molecular formula is C16H29N3S.